The lowest BCUT2D eigenvalue weighted by Crippen LogP contribution is -2.15. The van der Waals surface area contributed by atoms with Crippen molar-refractivity contribution in [1.82, 2.24) is 4.90 Å². The summed E-state index contributed by atoms with van der Waals surface area (Å²) in [6.45, 7) is 3.19. The lowest BCUT2D eigenvalue weighted by Gasteiger charge is -2.13. The second-order valence-electron chi connectivity index (χ2n) is 3.72. The van der Waals surface area contributed by atoms with Crippen LogP contribution in [0.3, 0.4) is 0 Å². The molecular formula is C12H19NS. The van der Waals surface area contributed by atoms with E-state index in [0.717, 1.165) is 12.4 Å². The molecule has 0 saturated heterocycles. The zero-order chi connectivity index (χ0) is 10.4. The van der Waals surface area contributed by atoms with Crippen LogP contribution in [0.1, 0.15) is 24.5 Å². The van der Waals surface area contributed by atoms with Gasteiger partial charge in [-0.25, -0.2) is 0 Å². The maximum atomic E-state index is 4.23. The zero-order valence-corrected chi connectivity index (χ0v) is 9.93. The van der Waals surface area contributed by atoms with Gasteiger partial charge < -0.3 is 0 Å². The van der Waals surface area contributed by atoms with Crippen LogP contribution in [0.25, 0.3) is 0 Å². The quantitative estimate of drug-likeness (QED) is 0.576. The van der Waals surface area contributed by atoms with Crippen LogP contribution in [0.2, 0.25) is 0 Å². The summed E-state index contributed by atoms with van der Waals surface area (Å²) in [4.78, 5) is 2.18. The third-order valence-electron chi connectivity index (χ3n) is 2.26. The third-order valence-corrected chi connectivity index (χ3v) is 2.74. The highest BCUT2D eigenvalue weighted by molar-refractivity contribution is 7.80. The van der Waals surface area contributed by atoms with Crippen molar-refractivity contribution < 1.29 is 0 Å². The largest absolute Gasteiger partial charge is 0.293 e. The van der Waals surface area contributed by atoms with E-state index in [9.17, 15) is 0 Å². The van der Waals surface area contributed by atoms with Gasteiger partial charge in [0.2, 0.25) is 0 Å². The molecule has 1 aromatic carbocycles. The molecule has 0 heterocycles. The fraction of sp³-hybridized carbons (Fsp3) is 0.500. The first-order chi connectivity index (χ1) is 6.76. The monoisotopic (exact) mass is 209 g/mol. The van der Waals surface area contributed by atoms with Crippen molar-refractivity contribution in [2.45, 2.75) is 26.3 Å². The van der Waals surface area contributed by atoms with Gasteiger partial charge in [-0.2, -0.15) is 12.6 Å². The van der Waals surface area contributed by atoms with Crippen LogP contribution >= 0.6 is 12.6 Å². The first-order valence-electron chi connectivity index (χ1n) is 5.13. The van der Waals surface area contributed by atoms with Gasteiger partial charge in [-0.15, -0.1) is 0 Å². The van der Waals surface area contributed by atoms with E-state index in [2.05, 4.69) is 55.8 Å². The van der Waals surface area contributed by atoms with Gasteiger partial charge in [-0.3, -0.25) is 4.90 Å². The van der Waals surface area contributed by atoms with E-state index < -0.39 is 0 Å². The maximum absolute atomic E-state index is 4.23. The van der Waals surface area contributed by atoms with E-state index in [4.69, 9.17) is 0 Å². The van der Waals surface area contributed by atoms with Crippen LogP contribution < -0.4 is 0 Å². The molecule has 14 heavy (non-hydrogen) atoms. The van der Waals surface area contributed by atoms with Gasteiger partial charge in [0, 0.05) is 12.4 Å². The Bertz CT molecular complexity index is 256. The molecule has 0 amide bonds. The molecule has 0 saturated carbocycles. The summed E-state index contributed by atoms with van der Waals surface area (Å²) in [5.41, 5.74) is 2.80. The van der Waals surface area contributed by atoms with Crippen LogP contribution in [-0.2, 0) is 13.0 Å². The molecule has 0 aliphatic carbocycles. The molecule has 78 valence electrons. The van der Waals surface area contributed by atoms with Crippen LogP contribution in [0.15, 0.2) is 24.3 Å². The molecule has 0 aliphatic heterocycles. The average molecular weight is 209 g/mol. The molecule has 0 unspecified atom stereocenters. The fourth-order valence-corrected chi connectivity index (χ4v) is 1.56. The van der Waals surface area contributed by atoms with Crippen molar-refractivity contribution in [2.75, 3.05) is 12.9 Å². The van der Waals surface area contributed by atoms with E-state index in [0.29, 0.717) is 0 Å². The van der Waals surface area contributed by atoms with Gasteiger partial charge >= 0.3 is 0 Å². The maximum Gasteiger partial charge on any atom is 0.0414 e. The number of benzene rings is 1. The third kappa shape index (κ3) is 3.72. The molecule has 1 nitrogen and oxygen atoms in total. The molecule has 0 atom stereocenters. The molecule has 0 aromatic heterocycles. The second kappa shape index (κ2) is 6.10. The minimum atomic E-state index is 0.802. The SMILES string of the molecule is CCCc1ccc(CN(C)CS)cc1. The van der Waals surface area contributed by atoms with Crippen LogP contribution in [-0.4, -0.2) is 17.8 Å². The number of aryl methyl sites for hydroxylation is 1. The lowest BCUT2D eigenvalue weighted by molar-refractivity contribution is 0.387. The molecule has 0 aliphatic rings. The first-order valence-corrected chi connectivity index (χ1v) is 5.76. The highest BCUT2D eigenvalue weighted by Crippen LogP contribution is 2.08. The number of rotatable bonds is 5. The number of thiol groups is 1. The number of hydrogen-bond donors (Lipinski definition) is 1. The topological polar surface area (TPSA) is 3.24 Å². The van der Waals surface area contributed by atoms with Crippen LogP contribution in [0, 0.1) is 0 Å². The summed E-state index contributed by atoms with van der Waals surface area (Å²) in [6.07, 6.45) is 2.40. The van der Waals surface area contributed by atoms with Crippen LogP contribution in [0.4, 0.5) is 0 Å². The molecule has 0 bridgehead atoms. The summed E-state index contributed by atoms with van der Waals surface area (Å²) in [5.74, 6) is 0.802. The summed E-state index contributed by atoms with van der Waals surface area (Å²) in [6, 6.07) is 8.88. The van der Waals surface area contributed by atoms with E-state index in [-0.39, 0.29) is 0 Å². The highest BCUT2D eigenvalue weighted by atomic mass is 32.1. The van der Waals surface area contributed by atoms with E-state index in [1.807, 2.05) is 0 Å². The predicted molar refractivity (Wildman–Crippen MR) is 65.8 cm³/mol. The van der Waals surface area contributed by atoms with Crippen molar-refractivity contribution in [3.8, 4) is 0 Å². The van der Waals surface area contributed by atoms with Gasteiger partial charge in [0.1, 0.15) is 0 Å². The highest BCUT2D eigenvalue weighted by Gasteiger charge is 1.97. The first kappa shape index (κ1) is 11.6. The molecule has 0 fully saturated rings. The summed E-state index contributed by atoms with van der Waals surface area (Å²) in [5, 5.41) is 0. The van der Waals surface area contributed by atoms with Gasteiger partial charge in [-0.1, -0.05) is 37.6 Å². The molecule has 0 radical (unpaired) electrons. The Morgan fingerprint density at radius 3 is 2.21 bits per heavy atom. The van der Waals surface area contributed by atoms with Crippen molar-refractivity contribution in [1.29, 1.82) is 0 Å². The van der Waals surface area contributed by atoms with Crippen molar-refractivity contribution >= 4 is 12.6 Å². The van der Waals surface area contributed by atoms with Crippen molar-refractivity contribution in [3.63, 3.8) is 0 Å². The smallest absolute Gasteiger partial charge is 0.0414 e. The number of nitrogens with zero attached hydrogens (tertiary/aromatic N) is 1. The van der Waals surface area contributed by atoms with Gasteiger partial charge in [-0.05, 0) is 24.6 Å². The molecule has 1 rings (SSSR count). The molecule has 1 aromatic rings. The Balaban J connectivity index is 2.54. The van der Waals surface area contributed by atoms with Crippen LogP contribution in [0.5, 0.6) is 0 Å². The Hall–Kier alpha value is -0.470. The Morgan fingerprint density at radius 1 is 1.14 bits per heavy atom. The summed E-state index contributed by atoms with van der Waals surface area (Å²) < 4.78 is 0. The minimum Gasteiger partial charge on any atom is -0.293 e. The van der Waals surface area contributed by atoms with Crippen molar-refractivity contribution in [2.24, 2.45) is 0 Å². The van der Waals surface area contributed by atoms with E-state index >= 15 is 0 Å². The predicted octanol–water partition coefficient (Wildman–Crippen LogP) is 2.96. The minimum absolute atomic E-state index is 0.802. The lowest BCUT2D eigenvalue weighted by atomic mass is 10.1. The molecule has 0 N–H and O–H groups in total. The van der Waals surface area contributed by atoms with Gasteiger partial charge in [0.25, 0.3) is 0 Å². The Morgan fingerprint density at radius 2 is 1.71 bits per heavy atom. The van der Waals surface area contributed by atoms with Gasteiger partial charge in [0.05, 0.1) is 0 Å². The molecular weight excluding hydrogens is 190 g/mol. The standard InChI is InChI=1S/C12H19NS/c1-3-4-11-5-7-12(8-6-11)9-13(2)10-14/h5-8,14H,3-4,9-10H2,1-2H3. The second-order valence-corrected chi connectivity index (χ2v) is 4.00. The summed E-state index contributed by atoms with van der Waals surface area (Å²) in [7, 11) is 2.08. The number of hydrogen-bond acceptors (Lipinski definition) is 2. The molecule has 2 heteroatoms. The fourth-order valence-electron chi connectivity index (χ4n) is 1.46. The Labute approximate surface area is 92.5 Å². The van der Waals surface area contributed by atoms with E-state index in [1.165, 1.54) is 24.0 Å². The Kier molecular flexibility index (Phi) is 5.05. The van der Waals surface area contributed by atoms with Crippen molar-refractivity contribution in [3.05, 3.63) is 35.4 Å². The van der Waals surface area contributed by atoms with E-state index in [1.54, 1.807) is 0 Å². The average Bonchev–Trinajstić information content (AvgIpc) is 2.21. The summed E-state index contributed by atoms with van der Waals surface area (Å²) >= 11 is 4.23. The molecule has 0 spiro atoms. The zero-order valence-electron chi connectivity index (χ0n) is 9.03. The van der Waals surface area contributed by atoms with Gasteiger partial charge in [0.15, 0.2) is 0 Å². The normalized spacial score (nSPS) is 10.9.